The Morgan fingerprint density at radius 2 is 2.08 bits per heavy atom. The number of hydrogen-bond acceptors (Lipinski definition) is 1. The highest BCUT2D eigenvalue weighted by Crippen LogP contribution is 2.04. The van der Waals surface area contributed by atoms with E-state index in [0.717, 1.165) is 6.42 Å². The van der Waals surface area contributed by atoms with Crippen LogP contribution in [0.15, 0.2) is 35.4 Å². The Kier molecular flexibility index (Phi) is 3.17. The van der Waals surface area contributed by atoms with Gasteiger partial charge in [-0.15, -0.1) is 0 Å². The van der Waals surface area contributed by atoms with Gasteiger partial charge in [-0.1, -0.05) is 42.4 Å². The Morgan fingerprint density at radius 3 is 2.67 bits per heavy atom. The van der Waals surface area contributed by atoms with Gasteiger partial charge in [-0.25, -0.2) is 0 Å². The van der Waals surface area contributed by atoms with Crippen molar-refractivity contribution in [3.8, 4) is 0 Å². The van der Waals surface area contributed by atoms with E-state index >= 15 is 0 Å². The second-order valence-corrected chi connectivity index (χ2v) is 2.74. The first-order chi connectivity index (χ1) is 5.83. The Balaban J connectivity index is 2.58. The lowest BCUT2D eigenvalue weighted by Gasteiger charge is -2.02. The van der Waals surface area contributed by atoms with Gasteiger partial charge in [0.15, 0.2) is 0 Å². The number of nitrogens with zero attached hydrogens (tertiary/aromatic N) is 3. The van der Waals surface area contributed by atoms with Crippen LogP contribution in [0.1, 0.15) is 12.5 Å². The van der Waals surface area contributed by atoms with Gasteiger partial charge in [0.1, 0.15) is 0 Å². The molecular weight excluding hydrogens is 150 g/mol. The highest BCUT2D eigenvalue weighted by atomic mass is 15.1. The largest absolute Gasteiger partial charge is 0.0906 e. The Morgan fingerprint density at radius 1 is 1.42 bits per heavy atom. The van der Waals surface area contributed by atoms with Crippen LogP contribution in [-0.2, 0) is 6.42 Å². The minimum atomic E-state index is 0.0393. The minimum absolute atomic E-state index is 0.0393. The molecule has 0 fully saturated rings. The fraction of sp³-hybridized carbons (Fsp3) is 0.333. The molecule has 0 aromatic heterocycles. The highest BCUT2D eigenvalue weighted by Gasteiger charge is 1.98. The third kappa shape index (κ3) is 2.64. The molecule has 0 N–H and O–H groups in total. The topological polar surface area (TPSA) is 48.8 Å². The van der Waals surface area contributed by atoms with Crippen LogP contribution < -0.4 is 0 Å². The Bertz CT molecular complexity index is 275. The van der Waals surface area contributed by atoms with Crippen LogP contribution in [0.4, 0.5) is 0 Å². The lowest BCUT2D eigenvalue weighted by molar-refractivity contribution is 0.731. The molecule has 0 aliphatic carbocycles. The monoisotopic (exact) mass is 161 g/mol. The van der Waals surface area contributed by atoms with Crippen LogP contribution in [0, 0.1) is 0 Å². The molecule has 1 aromatic rings. The third-order valence-corrected chi connectivity index (χ3v) is 1.62. The summed E-state index contributed by atoms with van der Waals surface area (Å²) in [5.41, 5.74) is 9.38. The second kappa shape index (κ2) is 4.42. The van der Waals surface area contributed by atoms with E-state index in [-0.39, 0.29) is 6.04 Å². The van der Waals surface area contributed by atoms with Crippen LogP contribution in [0.3, 0.4) is 0 Å². The van der Waals surface area contributed by atoms with Gasteiger partial charge in [-0.2, -0.15) is 0 Å². The summed E-state index contributed by atoms with van der Waals surface area (Å²) in [5, 5.41) is 3.60. The van der Waals surface area contributed by atoms with Crippen LogP contribution in [-0.4, -0.2) is 6.04 Å². The summed E-state index contributed by atoms with van der Waals surface area (Å²) >= 11 is 0. The van der Waals surface area contributed by atoms with E-state index in [1.807, 2.05) is 37.3 Å². The SMILES string of the molecule is C[C@H](Cc1ccccc1)N=[N+]=[N-]. The van der Waals surface area contributed by atoms with Crippen molar-refractivity contribution < 1.29 is 0 Å². The van der Waals surface area contributed by atoms with Crippen molar-refractivity contribution in [2.24, 2.45) is 5.11 Å². The van der Waals surface area contributed by atoms with Gasteiger partial charge >= 0.3 is 0 Å². The van der Waals surface area contributed by atoms with Crippen molar-refractivity contribution in [1.29, 1.82) is 0 Å². The van der Waals surface area contributed by atoms with E-state index in [0.29, 0.717) is 0 Å². The highest BCUT2D eigenvalue weighted by molar-refractivity contribution is 5.15. The fourth-order valence-electron chi connectivity index (χ4n) is 1.08. The third-order valence-electron chi connectivity index (χ3n) is 1.62. The van der Waals surface area contributed by atoms with Gasteiger partial charge in [0.2, 0.25) is 0 Å². The summed E-state index contributed by atoms with van der Waals surface area (Å²) in [6.07, 6.45) is 0.810. The summed E-state index contributed by atoms with van der Waals surface area (Å²) in [6.45, 7) is 1.91. The van der Waals surface area contributed by atoms with Crippen LogP contribution in [0.5, 0.6) is 0 Å². The standard InChI is InChI=1S/C9H11N3/c1-8(11-12-10)7-9-5-3-2-4-6-9/h2-6,8H,7H2,1H3/t8-/m1/s1. The van der Waals surface area contributed by atoms with Gasteiger partial charge in [-0.3, -0.25) is 0 Å². The van der Waals surface area contributed by atoms with Crippen molar-refractivity contribution in [2.45, 2.75) is 19.4 Å². The quantitative estimate of drug-likeness (QED) is 0.372. The molecule has 0 amide bonds. The van der Waals surface area contributed by atoms with Crippen LogP contribution in [0.25, 0.3) is 10.4 Å². The minimum Gasteiger partial charge on any atom is -0.0906 e. The lowest BCUT2D eigenvalue weighted by atomic mass is 10.1. The normalized spacial score (nSPS) is 11.8. The van der Waals surface area contributed by atoms with Crippen LogP contribution >= 0.6 is 0 Å². The number of hydrogen-bond donors (Lipinski definition) is 0. The van der Waals surface area contributed by atoms with Gasteiger partial charge < -0.3 is 0 Å². The van der Waals surface area contributed by atoms with E-state index in [2.05, 4.69) is 10.0 Å². The first-order valence-electron chi connectivity index (χ1n) is 3.91. The maximum atomic E-state index is 8.17. The van der Waals surface area contributed by atoms with E-state index < -0.39 is 0 Å². The summed E-state index contributed by atoms with van der Waals surface area (Å²) in [5.74, 6) is 0. The molecule has 0 unspecified atom stereocenters. The van der Waals surface area contributed by atoms with Gasteiger partial charge in [0, 0.05) is 11.0 Å². The molecule has 0 saturated heterocycles. The molecule has 12 heavy (non-hydrogen) atoms. The van der Waals surface area contributed by atoms with Crippen molar-refractivity contribution in [1.82, 2.24) is 0 Å². The molecule has 0 spiro atoms. The molecular formula is C9H11N3. The Hall–Kier alpha value is -1.47. The van der Waals surface area contributed by atoms with Gasteiger partial charge in [0.05, 0.1) is 0 Å². The van der Waals surface area contributed by atoms with Crippen molar-refractivity contribution >= 4 is 0 Å². The molecule has 0 aliphatic rings. The summed E-state index contributed by atoms with van der Waals surface area (Å²) in [6, 6.07) is 10.0. The average Bonchev–Trinajstić information content (AvgIpc) is 2.06. The zero-order valence-electron chi connectivity index (χ0n) is 7.01. The maximum Gasteiger partial charge on any atom is 0.0386 e. The van der Waals surface area contributed by atoms with E-state index in [4.69, 9.17) is 5.53 Å². The predicted molar refractivity (Wildman–Crippen MR) is 48.8 cm³/mol. The van der Waals surface area contributed by atoms with Crippen LogP contribution in [0.2, 0.25) is 0 Å². The first-order valence-corrected chi connectivity index (χ1v) is 3.91. The van der Waals surface area contributed by atoms with E-state index in [9.17, 15) is 0 Å². The molecule has 1 atom stereocenters. The zero-order chi connectivity index (χ0) is 8.81. The summed E-state index contributed by atoms with van der Waals surface area (Å²) in [7, 11) is 0. The fourth-order valence-corrected chi connectivity index (χ4v) is 1.08. The molecule has 0 saturated carbocycles. The van der Waals surface area contributed by atoms with Gasteiger partial charge in [0.25, 0.3) is 0 Å². The molecule has 0 aliphatic heterocycles. The first kappa shape index (κ1) is 8.62. The summed E-state index contributed by atoms with van der Waals surface area (Å²) < 4.78 is 0. The molecule has 3 heteroatoms. The smallest absolute Gasteiger partial charge is 0.0386 e. The molecule has 0 heterocycles. The second-order valence-electron chi connectivity index (χ2n) is 2.74. The molecule has 0 radical (unpaired) electrons. The predicted octanol–water partition coefficient (Wildman–Crippen LogP) is 2.93. The van der Waals surface area contributed by atoms with Crippen molar-refractivity contribution in [3.05, 3.63) is 46.3 Å². The molecule has 1 rings (SSSR count). The number of benzene rings is 1. The molecule has 3 nitrogen and oxygen atoms in total. The molecule has 1 aromatic carbocycles. The summed E-state index contributed by atoms with van der Waals surface area (Å²) in [4.78, 5) is 2.76. The Labute approximate surface area is 71.7 Å². The van der Waals surface area contributed by atoms with E-state index in [1.54, 1.807) is 0 Å². The molecule has 62 valence electrons. The van der Waals surface area contributed by atoms with Crippen molar-refractivity contribution in [3.63, 3.8) is 0 Å². The van der Waals surface area contributed by atoms with Crippen molar-refractivity contribution in [2.75, 3.05) is 0 Å². The van der Waals surface area contributed by atoms with E-state index in [1.165, 1.54) is 5.56 Å². The number of rotatable bonds is 3. The van der Waals surface area contributed by atoms with Gasteiger partial charge in [-0.05, 0) is 17.5 Å². The molecule has 0 bridgehead atoms. The zero-order valence-corrected chi connectivity index (χ0v) is 7.01. The lowest BCUT2D eigenvalue weighted by Crippen LogP contribution is -2.00. The maximum absolute atomic E-state index is 8.17. The average molecular weight is 161 g/mol. The number of azide groups is 1.